The van der Waals surface area contributed by atoms with Crippen LogP contribution in [0.25, 0.3) is 0 Å². The maximum absolute atomic E-state index is 13.2. The summed E-state index contributed by atoms with van der Waals surface area (Å²) in [5.74, 6) is -3.30. The van der Waals surface area contributed by atoms with Gasteiger partial charge in [-0.15, -0.1) is 0 Å². The summed E-state index contributed by atoms with van der Waals surface area (Å²) >= 11 is 0. The van der Waals surface area contributed by atoms with E-state index in [0.29, 0.717) is 13.0 Å². The summed E-state index contributed by atoms with van der Waals surface area (Å²) in [5, 5.41) is 0. The average molecular weight is 280 g/mol. The van der Waals surface area contributed by atoms with Gasteiger partial charge in [0.15, 0.2) is 0 Å². The molecule has 1 atom stereocenters. The van der Waals surface area contributed by atoms with Gasteiger partial charge in [0.2, 0.25) is 0 Å². The number of ether oxygens (including phenoxy) is 1. The van der Waals surface area contributed by atoms with Crippen molar-refractivity contribution in [3.8, 4) is 0 Å². The van der Waals surface area contributed by atoms with Crippen molar-refractivity contribution in [2.45, 2.75) is 25.3 Å². The maximum Gasteiger partial charge on any atom is 0.548 e. The Bertz CT molecular complexity index is 210. The molecule has 0 aromatic carbocycles. The molecule has 17 heavy (non-hydrogen) atoms. The Morgan fingerprint density at radius 3 is 2.06 bits per heavy atom. The van der Waals surface area contributed by atoms with Crippen molar-refractivity contribution in [2.75, 3.05) is 27.6 Å². The molecule has 0 radical (unpaired) electrons. The number of halogens is 4. The van der Waals surface area contributed by atoms with Gasteiger partial charge < -0.3 is 18.0 Å². The molecule has 0 aromatic heterocycles. The number of hydrogen-bond acceptors (Lipinski definition) is 4. The zero-order valence-electron chi connectivity index (χ0n) is 9.84. The highest BCUT2D eigenvalue weighted by molar-refractivity contribution is 6.62. The molecule has 0 aliphatic rings. The molecule has 0 bridgehead atoms. The topological polar surface area (TPSA) is 36.9 Å². The van der Waals surface area contributed by atoms with Gasteiger partial charge in [-0.1, -0.05) is 6.92 Å². The Morgan fingerprint density at radius 1 is 1.18 bits per heavy atom. The van der Waals surface area contributed by atoms with Crippen LogP contribution in [0.15, 0.2) is 0 Å². The lowest BCUT2D eigenvalue weighted by Gasteiger charge is -2.29. The van der Waals surface area contributed by atoms with Gasteiger partial charge in [-0.25, -0.2) is 4.39 Å². The largest absolute Gasteiger partial charge is 0.548 e. The molecule has 0 heterocycles. The summed E-state index contributed by atoms with van der Waals surface area (Å²) in [7, 11) is -2.63. The SMILES string of the molecule is CCCOCO[Si](OC)(OC)C(F)C(F)(F)F. The number of alkyl halides is 4. The molecule has 0 saturated heterocycles. The summed E-state index contributed by atoms with van der Waals surface area (Å²) < 4.78 is 68.5. The lowest BCUT2D eigenvalue weighted by Crippen LogP contribution is -2.59. The summed E-state index contributed by atoms with van der Waals surface area (Å²) in [6.45, 7) is 1.60. The first-order valence-corrected chi connectivity index (χ1v) is 6.67. The van der Waals surface area contributed by atoms with E-state index in [-0.39, 0.29) is 0 Å². The van der Waals surface area contributed by atoms with Crippen molar-refractivity contribution in [2.24, 2.45) is 0 Å². The molecule has 4 nitrogen and oxygen atoms in total. The zero-order chi connectivity index (χ0) is 13.5. The van der Waals surface area contributed by atoms with Gasteiger partial charge in [-0.05, 0) is 6.42 Å². The van der Waals surface area contributed by atoms with E-state index in [9.17, 15) is 17.6 Å². The minimum atomic E-state index is -5.09. The maximum atomic E-state index is 13.2. The van der Waals surface area contributed by atoms with E-state index in [1.54, 1.807) is 0 Å². The molecule has 0 aliphatic heterocycles. The van der Waals surface area contributed by atoms with Crippen molar-refractivity contribution in [1.29, 1.82) is 0 Å². The Hall–Kier alpha value is -0.223. The molecule has 0 saturated carbocycles. The molecule has 104 valence electrons. The fraction of sp³-hybridized carbons (Fsp3) is 1.00. The molecule has 0 rings (SSSR count). The van der Waals surface area contributed by atoms with Gasteiger partial charge >= 0.3 is 15.0 Å². The smallest absolute Gasteiger partial charge is 0.375 e. The summed E-state index contributed by atoms with van der Waals surface area (Å²) in [6.07, 6.45) is -4.43. The molecule has 0 N–H and O–H groups in total. The van der Waals surface area contributed by atoms with Crippen LogP contribution >= 0.6 is 0 Å². The first kappa shape index (κ1) is 16.8. The lowest BCUT2D eigenvalue weighted by atomic mass is 10.5. The molecule has 0 aromatic rings. The van der Waals surface area contributed by atoms with Crippen molar-refractivity contribution in [1.82, 2.24) is 0 Å². The summed E-state index contributed by atoms with van der Waals surface area (Å²) in [6, 6.07) is 0. The second kappa shape index (κ2) is 7.26. The van der Waals surface area contributed by atoms with E-state index in [1.165, 1.54) is 0 Å². The van der Waals surface area contributed by atoms with Gasteiger partial charge in [0.05, 0.1) is 0 Å². The summed E-state index contributed by atoms with van der Waals surface area (Å²) in [5.41, 5.74) is 0. The highest BCUT2D eigenvalue weighted by atomic mass is 28.4. The highest BCUT2D eigenvalue weighted by Crippen LogP contribution is 2.31. The van der Waals surface area contributed by atoms with Crippen LogP contribution in [0.1, 0.15) is 13.3 Å². The van der Waals surface area contributed by atoms with Gasteiger partial charge in [-0.3, -0.25) is 0 Å². The number of rotatable bonds is 8. The normalized spacial score (nSPS) is 15.0. The Kier molecular flexibility index (Phi) is 7.17. The van der Waals surface area contributed by atoms with E-state index < -0.39 is 27.6 Å². The van der Waals surface area contributed by atoms with Crippen molar-refractivity contribution < 1.29 is 35.6 Å². The minimum Gasteiger partial charge on any atom is -0.375 e. The highest BCUT2D eigenvalue weighted by Gasteiger charge is 2.62. The van der Waals surface area contributed by atoms with E-state index in [4.69, 9.17) is 9.16 Å². The van der Waals surface area contributed by atoms with Crippen LogP contribution in [0.3, 0.4) is 0 Å². The minimum absolute atomic E-state index is 0.293. The second-order valence-electron chi connectivity index (χ2n) is 3.09. The van der Waals surface area contributed by atoms with Crippen LogP contribution in [0, 0.1) is 0 Å². The fourth-order valence-corrected chi connectivity index (χ4v) is 2.62. The first-order valence-electron chi connectivity index (χ1n) is 4.86. The number of hydrogen-bond donors (Lipinski definition) is 0. The van der Waals surface area contributed by atoms with E-state index >= 15 is 0 Å². The standard InChI is InChI=1S/C8H16F4O4Si/c1-4-5-15-6-16-17(13-2,14-3)7(9)8(10,11)12/h7H,4-6H2,1-3H3. The van der Waals surface area contributed by atoms with Crippen LogP contribution in [-0.4, -0.2) is 48.4 Å². The summed E-state index contributed by atoms with van der Waals surface area (Å²) in [4.78, 5) is 0. The van der Waals surface area contributed by atoms with Crippen LogP contribution < -0.4 is 0 Å². The zero-order valence-corrected chi connectivity index (χ0v) is 10.8. The molecule has 1 unspecified atom stereocenters. The molecule has 0 spiro atoms. The fourth-order valence-electron chi connectivity index (χ4n) is 1.01. The lowest BCUT2D eigenvalue weighted by molar-refractivity contribution is -0.179. The van der Waals surface area contributed by atoms with Crippen LogP contribution in [0.4, 0.5) is 17.6 Å². The quantitative estimate of drug-likeness (QED) is 0.295. The van der Waals surface area contributed by atoms with Crippen molar-refractivity contribution in [3.05, 3.63) is 0 Å². The van der Waals surface area contributed by atoms with Crippen LogP contribution in [0.5, 0.6) is 0 Å². The molecule has 0 fully saturated rings. The van der Waals surface area contributed by atoms with Gasteiger partial charge in [-0.2, -0.15) is 13.2 Å². The molecular formula is C8H16F4O4Si. The van der Waals surface area contributed by atoms with Crippen LogP contribution in [-0.2, 0) is 18.0 Å². The molecular weight excluding hydrogens is 264 g/mol. The molecule has 0 aliphatic carbocycles. The van der Waals surface area contributed by atoms with E-state index in [2.05, 4.69) is 8.85 Å². The van der Waals surface area contributed by atoms with E-state index in [0.717, 1.165) is 14.2 Å². The third-order valence-electron chi connectivity index (χ3n) is 1.86. The van der Waals surface area contributed by atoms with Crippen LogP contribution in [0.2, 0.25) is 0 Å². The average Bonchev–Trinajstić information content (AvgIpc) is 2.28. The molecule has 9 heteroatoms. The third kappa shape index (κ3) is 4.88. The third-order valence-corrected chi connectivity index (χ3v) is 4.47. The monoisotopic (exact) mass is 280 g/mol. The Balaban J connectivity index is 4.55. The first-order chi connectivity index (χ1) is 7.84. The van der Waals surface area contributed by atoms with Gasteiger partial charge in [0.1, 0.15) is 6.79 Å². The van der Waals surface area contributed by atoms with Crippen molar-refractivity contribution in [3.63, 3.8) is 0 Å². The Labute approximate surface area is 98.2 Å². The van der Waals surface area contributed by atoms with Crippen molar-refractivity contribution >= 4 is 8.80 Å². The second-order valence-corrected chi connectivity index (χ2v) is 5.91. The van der Waals surface area contributed by atoms with Gasteiger partial charge in [0, 0.05) is 20.8 Å². The predicted octanol–water partition coefficient (Wildman–Crippen LogP) is 2.06. The van der Waals surface area contributed by atoms with E-state index in [1.807, 2.05) is 6.92 Å². The predicted molar refractivity (Wildman–Crippen MR) is 52.9 cm³/mol. The molecule has 0 amide bonds. The van der Waals surface area contributed by atoms with Gasteiger partial charge in [0.25, 0.3) is 5.79 Å². The Morgan fingerprint density at radius 2 is 1.71 bits per heavy atom.